The summed E-state index contributed by atoms with van der Waals surface area (Å²) in [5.41, 5.74) is 3.84. The number of hydrogen-bond donors (Lipinski definition) is 0. The van der Waals surface area contributed by atoms with Gasteiger partial charge in [0.05, 0.1) is 0 Å². The van der Waals surface area contributed by atoms with Crippen molar-refractivity contribution >= 4 is 55.0 Å². The Kier molecular flexibility index (Phi) is 30.4. The zero-order valence-corrected chi connectivity index (χ0v) is 40.4. The third-order valence-electron chi connectivity index (χ3n) is 10.00. The molecule has 0 aliphatic heterocycles. The number of ketones is 1. The van der Waals surface area contributed by atoms with E-state index in [9.17, 15) is 4.79 Å². The van der Waals surface area contributed by atoms with Crippen LogP contribution in [0.4, 0.5) is 0 Å². The number of hydrogen-bond acceptors (Lipinski definition) is 1. The first-order chi connectivity index (χ1) is 26.7. The fraction of sp³-hybridized carbons (Fsp3) is 0.182. The van der Waals surface area contributed by atoms with Crippen LogP contribution in [0.2, 0.25) is 0 Å². The van der Waals surface area contributed by atoms with Crippen LogP contribution < -0.4 is 21.2 Å². The molecule has 6 aromatic carbocycles. The molecule has 0 aromatic heterocycles. The van der Waals surface area contributed by atoms with E-state index in [4.69, 9.17) is 0 Å². The SMILES string of the molecule is O=C(/C=C/c1ccccc1)/C=C/c1ccccc1.[CH3-].[CH3-].[CH3-].[CH3-].[Fe+2].[Pd+2].c1ccc(P(c2ccccc2)C2CCCC2)cc1.c1ccc(P(c2ccccc2)C2CCCC2)cc1. The molecule has 2 saturated carbocycles. The maximum atomic E-state index is 11.6. The molecule has 0 spiro atoms. The quantitative estimate of drug-likeness (QED) is 0.0579. The van der Waals surface area contributed by atoms with Crippen molar-refractivity contribution < 1.29 is 42.3 Å². The molecule has 0 atom stereocenters. The molecule has 2 fully saturated rings. The number of carbonyl (C=O) groups excluding carboxylic acids is 1. The van der Waals surface area contributed by atoms with Crippen molar-refractivity contribution in [3.63, 3.8) is 0 Å². The van der Waals surface area contributed by atoms with Gasteiger partial charge in [0.2, 0.25) is 0 Å². The third-order valence-corrected chi connectivity index (χ3v) is 15.9. The minimum Gasteiger partial charge on any atom is -0.358 e. The Bertz CT molecular complexity index is 1760. The summed E-state index contributed by atoms with van der Waals surface area (Å²) < 4.78 is 0. The first-order valence-corrected chi connectivity index (χ1v) is 22.4. The van der Waals surface area contributed by atoms with Crippen LogP contribution in [0, 0.1) is 29.7 Å². The fourth-order valence-electron chi connectivity index (χ4n) is 7.36. The molecular weight excluding hydrogens is 901 g/mol. The summed E-state index contributed by atoms with van der Waals surface area (Å²) in [5.74, 6) is -0.0114. The van der Waals surface area contributed by atoms with Gasteiger partial charge in [-0.2, -0.15) is 0 Å². The molecule has 0 amide bonds. The first-order valence-electron chi connectivity index (χ1n) is 19.5. The van der Waals surface area contributed by atoms with Gasteiger partial charge in [0.15, 0.2) is 5.78 Å². The van der Waals surface area contributed by atoms with Crippen molar-refractivity contribution in [2.75, 3.05) is 0 Å². The van der Waals surface area contributed by atoms with E-state index in [0.29, 0.717) is 0 Å². The molecule has 0 radical (unpaired) electrons. The minimum atomic E-state index is -0.152. The predicted molar refractivity (Wildman–Crippen MR) is 264 cm³/mol. The standard InChI is InChI=1S/C17H14O.2C17H19P.4CH3.Fe.Pd/c18-17(13-11-15-7-3-1-4-8-15)14-12-16-9-5-2-6-10-16;2*1-3-9-15(10-4-1)18(17-13-7-8-14-17)16-11-5-2-6-12-16;;;;;;/h1-14H;2*1-6,9-12,17H,7-8,13-14H2;4*1H3;;/q;;;4*-1;2*+2/b13-11+,14-12+;;;;;;;;. The van der Waals surface area contributed by atoms with Crippen LogP contribution in [0.5, 0.6) is 0 Å². The Labute approximate surface area is 392 Å². The summed E-state index contributed by atoms with van der Waals surface area (Å²) >= 11 is 0. The maximum Gasteiger partial charge on any atom is 2.00 e. The van der Waals surface area contributed by atoms with Gasteiger partial charge >= 0.3 is 37.5 Å². The van der Waals surface area contributed by atoms with Gasteiger partial charge in [-0.3, -0.25) is 4.79 Å². The van der Waals surface area contributed by atoms with Crippen LogP contribution in [0.25, 0.3) is 12.2 Å². The molecule has 0 saturated heterocycles. The van der Waals surface area contributed by atoms with Gasteiger partial charge in [-0.25, -0.2) is 0 Å². The Balaban J connectivity index is 0.000000829. The summed E-state index contributed by atoms with van der Waals surface area (Å²) in [6.45, 7) is 0. The molecule has 2 aliphatic carbocycles. The van der Waals surface area contributed by atoms with Gasteiger partial charge in [0, 0.05) is 0 Å². The molecule has 0 unspecified atom stereocenters. The largest absolute Gasteiger partial charge is 2.00 e. The molecule has 0 N–H and O–H groups in total. The van der Waals surface area contributed by atoms with Gasteiger partial charge in [0.1, 0.15) is 0 Å². The van der Waals surface area contributed by atoms with Crippen molar-refractivity contribution in [1.29, 1.82) is 0 Å². The molecular formula is C55H64FeOP2Pd. The summed E-state index contributed by atoms with van der Waals surface area (Å²) in [6, 6.07) is 64.0. The van der Waals surface area contributed by atoms with Crippen molar-refractivity contribution in [3.05, 3.63) is 235 Å². The molecule has 318 valence electrons. The Hall–Kier alpha value is -3.49. The average molecular weight is 965 g/mol. The fourth-order valence-corrected chi connectivity index (χ4v) is 13.4. The summed E-state index contributed by atoms with van der Waals surface area (Å²) in [5, 5.41) is 6.19. The van der Waals surface area contributed by atoms with E-state index in [-0.39, 0.29) is 88.8 Å². The summed E-state index contributed by atoms with van der Waals surface area (Å²) in [6.07, 6.45) is 18.1. The molecule has 6 aromatic rings. The molecule has 2 aliphatic rings. The van der Waals surface area contributed by atoms with Crippen LogP contribution >= 0.6 is 15.8 Å². The molecule has 0 heterocycles. The van der Waals surface area contributed by atoms with Gasteiger partial charge in [-0.15, -0.1) is 0 Å². The molecule has 5 heteroatoms. The van der Waals surface area contributed by atoms with Crippen LogP contribution in [-0.4, -0.2) is 17.1 Å². The smallest absolute Gasteiger partial charge is 0.358 e. The number of benzene rings is 6. The zero-order chi connectivity index (χ0) is 37.0. The second kappa shape index (κ2) is 32.3. The van der Waals surface area contributed by atoms with Gasteiger partial charge < -0.3 is 29.7 Å². The van der Waals surface area contributed by atoms with Crippen molar-refractivity contribution in [3.8, 4) is 0 Å². The predicted octanol–water partition coefficient (Wildman–Crippen LogP) is 13.9. The molecule has 60 heavy (non-hydrogen) atoms. The van der Waals surface area contributed by atoms with Crippen LogP contribution in [0.15, 0.2) is 194 Å². The van der Waals surface area contributed by atoms with Gasteiger partial charge in [0.25, 0.3) is 0 Å². The van der Waals surface area contributed by atoms with Crippen LogP contribution in [-0.2, 0) is 42.3 Å². The van der Waals surface area contributed by atoms with Crippen molar-refractivity contribution in [2.45, 2.75) is 62.7 Å². The maximum absolute atomic E-state index is 11.6. The van der Waals surface area contributed by atoms with E-state index < -0.39 is 0 Å². The van der Waals surface area contributed by atoms with E-state index in [1.165, 1.54) is 51.4 Å². The second-order valence-electron chi connectivity index (χ2n) is 13.8. The Morgan fingerprint density at radius 2 is 0.600 bits per heavy atom. The number of allylic oxidation sites excluding steroid dienone is 2. The third kappa shape index (κ3) is 18.2. The van der Waals surface area contributed by atoms with E-state index in [1.807, 2.05) is 72.8 Å². The van der Waals surface area contributed by atoms with E-state index in [1.54, 1.807) is 33.4 Å². The average Bonchev–Trinajstić information content (AvgIpc) is 3.99. The van der Waals surface area contributed by atoms with Crippen molar-refractivity contribution in [1.82, 2.24) is 0 Å². The van der Waals surface area contributed by atoms with Crippen molar-refractivity contribution in [2.24, 2.45) is 0 Å². The molecule has 8 rings (SSSR count). The molecule has 1 nitrogen and oxygen atoms in total. The topological polar surface area (TPSA) is 17.1 Å². The van der Waals surface area contributed by atoms with E-state index >= 15 is 0 Å². The van der Waals surface area contributed by atoms with Crippen LogP contribution in [0.3, 0.4) is 0 Å². The summed E-state index contributed by atoms with van der Waals surface area (Å²) in [7, 11) is -0.304. The monoisotopic (exact) mass is 964 g/mol. The van der Waals surface area contributed by atoms with Crippen LogP contribution in [0.1, 0.15) is 62.5 Å². The zero-order valence-electron chi connectivity index (χ0n) is 35.9. The summed E-state index contributed by atoms with van der Waals surface area (Å²) in [4.78, 5) is 11.6. The van der Waals surface area contributed by atoms with E-state index in [2.05, 4.69) is 121 Å². The minimum absolute atomic E-state index is 0. The number of rotatable bonds is 10. The second-order valence-corrected chi connectivity index (χ2v) is 18.9. The Morgan fingerprint density at radius 1 is 0.383 bits per heavy atom. The normalized spacial score (nSPS) is 13.1. The first kappa shape index (κ1) is 56.5. The van der Waals surface area contributed by atoms with Gasteiger partial charge in [-0.05, 0) is 97.3 Å². The molecule has 0 bridgehead atoms. The Morgan fingerprint density at radius 3 is 0.833 bits per heavy atom. The van der Waals surface area contributed by atoms with Gasteiger partial charge in [-0.1, -0.05) is 220 Å². The number of carbonyl (C=O) groups is 1. The van der Waals surface area contributed by atoms with E-state index in [0.717, 1.165) is 22.4 Å².